The Morgan fingerprint density at radius 3 is 2.55 bits per heavy atom. The summed E-state index contributed by atoms with van der Waals surface area (Å²) in [6.45, 7) is 0. The molecule has 56 valence electrons. The van der Waals surface area contributed by atoms with Crippen LogP contribution in [0.4, 0.5) is 0 Å². The summed E-state index contributed by atoms with van der Waals surface area (Å²) in [5, 5.41) is 3.88. The van der Waals surface area contributed by atoms with E-state index in [0.717, 1.165) is 0 Å². The maximum absolute atomic E-state index is 10.4. The summed E-state index contributed by atoms with van der Waals surface area (Å²) in [4.78, 5) is 0. The van der Waals surface area contributed by atoms with E-state index in [0.29, 0.717) is 4.47 Å². The minimum Gasteiger partial charge on any atom is -0.767 e. The van der Waals surface area contributed by atoms with Crippen molar-refractivity contribution < 1.29 is 38.3 Å². The van der Waals surface area contributed by atoms with Crippen LogP contribution >= 0.6 is 15.9 Å². The van der Waals surface area contributed by atoms with Crippen LogP contribution in [-0.4, -0.2) is 18.5 Å². The quantitative estimate of drug-likeness (QED) is 0.404. The summed E-state index contributed by atoms with van der Waals surface area (Å²) < 4.78 is 22.6. The summed E-state index contributed by atoms with van der Waals surface area (Å²) in [6.07, 6.45) is 1.44. The Labute approximate surface area is 97.1 Å². The molecule has 1 rings (SSSR count). The molecule has 0 amide bonds. The number of hydrogen-bond donors (Lipinski definition) is 0. The van der Waals surface area contributed by atoms with Crippen LogP contribution in [0.1, 0.15) is 0 Å². The molecule has 1 aromatic rings. The minimum atomic E-state index is -2.22. The number of rotatable bonds is 1. The monoisotopic (exact) mass is 246 g/mol. The molecule has 0 aliphatic rings. The van der Waals surface area contributed by atoms with Gasteiger partial charge >= 0.3 is 29.6 Å². The van der Waals surface area contributed by atoms with Crippen molar-refractivity contribution in [3.8, 4) is 0 Å². The van der Waals surface area contributed by atoms with Crippen molar-refractivity contribution in [1.29, 1.82) is 0 Å². The molecule has 0 aromatic carbocycles. The van der Waals surface area contributed by atoms with E-state index in [1.54, 1.807) is 7.05 Å². The molecule has 0 fully saturated rings. The zero-order valence-corrected chi connectivity index (χ0v) is 10.5. The van der Waals surface area contributed by atoms with Crippen molar-refractivity contribution in [3.05, 3.63) is 10.7 Å². The number of aryl methyl sites for hydroxylation is 1. The van der Waals surface area contributed by atoms with Gasteiger partial charge in [0, 0.05) is 7.05 Å². The van der Waals surface area contributed by atoms with Crippen molar-refractivity contribution in [2.75, 3.05) is 0 Å². The second-order valence-electron chi connectivity index (χ2n) is 1.66. The van der Waals surface area contributed by atoms with Crippen LogP contribution in [-0.2, 0) is 18.1 Å². The number of aromatic nitrogens is 2. The molecule has 0 bridgehead atoms. The second kappa shape index (κ2) is 4.74. The van der Waals surface area contributed by atoms with Crippen LogP contribution in [0, 0.1) is 0 Å². The molecule has 1 aromatic heterocycles. The molecule has 7 heteroatoms. The fourth-order valence-corrected chi connectivity index (χ4v) is 1.81. The largest absolute Gasteiger partial charge is 1.00 e. The first-order valence-corrected chi connectivity index (χ1v) is 4.26. The summed E-state index contributed by atoms with van der Waals surface area (Å²) in [7, 11) is 1.57. The molecule has 0 radical (unpaired) electrons. The molecule has 1 heterocycles. The fraction of sp³-hybridized carbons (Fsp3) is 0.250. The molecule has 1 atom stereocenters. The van der Waals surface area contributed by atoms with E-state index in [9.17, 15) is 8.76 Å². The summed E-state index contributed by atoms with van der Waals surface area (Å²) in [5.41, 5.74) is 0. The van der Waals surface area contributed by atoms with Crippen LogP contribution in [0.2, 0.25) is 0 Å². The van der Waals surface area contributed by atoms with Gasteiger partial charge in [-0.2, -0.15) is 5.10 Å². The zero-order valence-electron chi connectivity index (χ0n) is 6.07. The molecule has 11 heavy (non-hydrogen) atoms. The van der Waals surface area contributed by atoms with Gasteiger partial charge in [0.05, 0.1) is 10.7 Å². The Morgan fingerprint density at radius 1 is 1.82 bits per heavy atom. The third kappa shape index (κ3) is 2.64. The van der Waals surface area contributed by atoms with E-state index in [1.807, 2.05) is 0 Å². The number of hydrogen-bond acceptors (Lipinski definition) is 3. The maximum Gasteiger partial charge on any atom is 1.00 e. The van der Waals surface area contributed by atoms with Crippen LogP contribution in [0.5, 0.6) is 0 Å². The van der Waals surface area contributed by atoms with Gasteiger partial charge in [-0.25, -0.2) is 0 Å². The van der Waals surface area contributed by atoms with Gasteiger partial charge in [-0.05, 0) is 27.0 Å². The van der Waals surface area contributed by atoms with E-state index in [1.165, 1.54) is 10.9 Å². The van der Waals surface area contributed by atoms with Crippen LogP contribution in [0.25, 0.3) is 0 Å². The van der Waals surface area contributed by atoms with E-state index < -0.39 is 11.1 Å². The second-order valence-corrected chi connectivity index (χ2v) is 3.37. The molecular weight excluding hydrogens is 243 g/mol. The molecule has 0 aliphatic carbocycles. The third-order valence-electron chi connectivity index (χ3n) is 1.00. The van der Waals surface area contributed by atoms with E-state index in [4.69, 9.17) is 0 Å². The van der Waals surface area contributed by atoms with Crippen molar-refractivity contribution >= 4 is 27.0 Å². The van der Waals surface area contributed by atoms with Crippen LogP contribution in [0.3, 0.4) is 0 Å². The molecular formula is C4H4BrN2NaO2S. The molecule has 0 spiro atoms. The van der Waals surface area contributed by atoms with Crippen molar-refractivity contribution in [2.24, 2.45) is 7.05 Å². The fourth-order valence-electron chi connectivity index (χ4n) is 0.587. The van der Waals surface area contributed by atoms with Gasteiger partial charge in [0.1, 0.15) is 5.03 Å². The third-order valence-corrected chi connectivity index (χ3v) is 2.64. The molecule has 1 unspecified atom stereocenters. The van der Waals surface area contributed by atoms with Crippen LogP contribution in [0.15, 0.2) is 15.7 Å². The number of nitrogens with zero attached hydrogens (tertiary/aromatic N) is 2. The van der Waals surface area contributed by atoms with Crippen molar-refractivity contribution in [1.82, 2.24) is 9.78 Å². The van der Waals surface area contributed by atoms with Gasteiger partial charge in [0.15, 0.2) is 0 Å². The Morgan fingerprint density at radius 2 is 2.36 bits per heavy atom. The first-order valence-electron chi connectivity index (χ1n) is 2.39. The standard InChI is InChI=1S/C4H5BrN2O2S.Na/c1-7-4(10(8)9)3(5)2-6-7;/h2H,1H3,(H,8,9);/q;+1/p-1. The Hall–Kier alpha value is 0.800. The normalized spacial score (nSPS) is 12.3. The Bertz CT molecular complexity index is 258. The molecule has 0 N–H and O–H groups in total. The molecule has 0 saturated heterocycles. The smallest absolute Gasteiger partial charge is 0.767 e. The Kier molecular flexibility index (Phi) is 5.08. The predicted octanol–water partition coefficient (Wildman–Crippen LogP) is -2.58. The first kappa shape index (κ1) is 11.8. The Balaban J connectivity index is 0.000001000. The van der Waals surface area contributed by atoms with Gasteiger partial charge in [0.2, 0.25) is 0 Å². The predicted molar refractivity (Wildman–Crippen MR) is 38.1 cm³/mol. The van der Waals surface area contributed by atoms with E-state index in [-0.39, 0.29) is 34.6 Å². The van der Waals surface area contributed by atoms with E-state index >= 15 is 0 Å². The summed E-state index contributed by atoms with van der Waals surface area (Å²) in [5.74, 6) is 0. The molecule has 0 aliphatic heterocycles. The zero-order chi connectivity index (χ0) is 7.72. The maximum atomic E-state index is 10.4. The topological polar surface area (TPSA) is 58.0 Å². The summed E-state index contributed by atoms with van der Waals surface area (Å²) in [6, 6.07) is 0. The first-order chi connectivity index (χ1) is 4.63. The average Bonchev–Trinajstić information content (AvgIpc) is 2.11. The van der Waals surface area contributed by atoms with E-state index in [2.05, 4.69) is 21.0 Å². The average molecular weight is 247 g/mol. The van der Waals surface area contributed by atoms with Gasteiger partial charge in [-0.3, -0.25) is 8.89 Å². The summed E-state index contributed by atoms with van der Waals surface area (Å²) >= 11 is 0.824. The van der Waals surface area contributed by atoms with Crippen molar-refractivity contribution in [2.45, 2.75) is 5.03 Å². The van der Waals surface area contributed by atoms with Gasteiger partial charge in [0.25, 0.3) is 0 Å². The van der Waals surface area contributed by atoms with Gasteiger partial charge < -0.3 is 4.55 Å². The SMILES string of the molecule is Cn1ncc(Br)c1S(=O)[O-].[Na+]. The van der Waals surface area contributed by atoms with Gasteiger partial charge in [-0.15, -0.1) is 0 Å². The van der Waals surface area contributed by atoms with Crippen molar-refractivity contribution in [3.63, 3.8) is 0 Å². The van der Waals surface area contributed by atoms with Gasteiger partial charge in [-0.1, -0.05) is 0 Å². The number of halogens is 1. The molecule has 0 saturated carbocycles. The minimum absolute atomic E-state index is 0. The van der Waals surface area contributed by atoms with Crippen LogP contribution < -0.4 is 29.6 Å². The molecule has 4 nitrogen and oxygen atoms in total.